The second kappa shape index (κ2) is 17.0. The maximum atomic E-state index is 13.9. The first-order chi connectivity index (χ1) is 29.7. The van der Waals surface area contributed by atoms with E-state index in [4.69, 9.17) is 14.2 Å². The zero-order chi connectivity index (χ0) is 42.2. The lowest BCUT2D eigenvalue weighted by atomic mass is 9.78. The van der Waals surface area contributed by atoms with Crippen LogP contribution in [0.1, 0.15) is 88.9 Å². The molecular weight excluding hydrogens is 773 g/mol. The van der Waals surface area contributed by atoms with Crippen molar-refractivity contribution in [2.24, 2.45) is 18.9 Å². The number of hydrogen-bond acceptors (Lipinski definition) is 10. The van der Waals surface area contributed by atoms with Gasteiger partial charge in [0.2, 0.25) is 11.8 Å². The number of carbonyl (C=O) groups is 4. The molecule has 61 heavy (non-hydrogen) atoms. The third-order valence-corrected chi connectivity index (χ3v) is 13.0. The van der Waals surface area contributed by atoms with Gasteiger partial charge in [-0.25, -0.2) is 0 Å². The van der Waals surface area contributed by atoms with E-state index >= 15 is 0 Å². The van der Waals surface area contributed by atoms with E-state index in [1.54, 1.807) is 17.9 Å². The van der Waals surface area contributed by atoms with E-state index in [1.165, 1.54) is 23.3 Å². The molecule has 4 aromatic carbocycles. The highest BCUT2D eigenvalue weighted by molar-refractivity contribution is 6.23. The molecule has 1 atom stereocenters. The van der Waals surface area contributed by atoms with E-state index < -0.39 is 5.92 Å². The van der Waals surface area contributed by atoms with E-state index in [2.05, 4.69) is 32.3 Å². The highest BCUT2D eigenvalue weighted by Crippen LogP contribution is 2.39. The minimum absolute atomic E-state index is 0.166. The molecular formula is C48H52N6O7. The lowest BCUT2D eigenvalue weighted by Gasteiger charge is -2.41. The molecule has 5 heterocycles. The second-order valence-electron chi connectivity index (χ2n) is 16.7. The molecule has 1 N–H and O–H groups in total. The highest BCUT2D eigenvalue weighted by Gasteiger charge is 2.40. The van der Waals surface area contributed by atoms with Gasteiger partial charge in [0.05, 0.1) is 54.2 Å². The zero-order valence-electron chi connectivity index (χ0n) is 35.0. The van der Waals surface area contributed by atoms with Crippen LogP contribution in [0.4, 0.5) is 5.69 Å². The van der Waals surface area contributed by atoms with Gasteiger partial charge in [0.15, 0.2) is 11.5 Å². The summed E-state index contributed by atoms with van der Waals surface area (Å²) in [5.41, 5.74) is 5.46. The first kappa shape index (κ1) is 40.2. The summed E-state index contributed by atoms with van der Waals surface area (Å²) in [7, 11) is 3.44. The number of fused-ring (bicyclic) bond motifs is 2. The largest absolute Gasteiger partial charge is 0.493 e. The number of anilines is 1. The molecule has 1 aromatic heterocycles. The Kier molecular flexibility index (Phi) is 11.2. The third-order valence-electron chi connectivity index (χ3n) is 13.0. The van der Waals surface area contributed by atoms with Crippen LogP contribution in [0.15, 0.2) is 78.9 Å². The van der Waals surface area contributed by atoms with Gasteiger partial charge in [-0.05, 0) is 124 Å². The van der Waals surface area contributed by atoms with Crippen LogP contribution in [0.5, 0.6) is 23.0 Å². The number of amides is 4. The van der Waals surface area contributed by atoms with Crippen LogP contribution < -0.4 is 24.4 Å². The number of benzene rings is 4. The van der Waals surface area contributed by atoms with E-state index in [1.807, 2.05) is 74.6 Å². The summed E-state index contributed by atoms with van der Waals surface area (Å²) < 4.78 is 19.2. The van der Waals surface area contributed by atoms with Crippen LogP contribution in [0.25, 0.3) is 10.9 Å². The van der Waals surface area contributed by atoms with Crippen LogP contribution in [0, 0.1) is 11.8 Å². The van der Waals surface area contributed by atoms with Crippen molar-refractivity contribution in [2.75, 3.05) is 44.8 Å². The molecule has 3 saturated heterocycles. The van der Waals surface area contributed by atoms with Gasteiger partial charge in [0.1, 0.15) is 11.5 Å². The average molecular weight is 825 g/mol. The van der Waals surface area contributed by atoms with Crippen molar-refractivity contribution in [1.82, 2.24) is 24.9 Å². The average Bonchev–Trinajstić information content (AvgIpc) is 3.72. The highest BCUT2D eigenvalue weighted by atomic mass is 16.5. The van der Waals surface area contributed by atoms with Gasteiger partial charge in [-0.15, -0.1) is 0 Å². The normalized spacial score (nSPS) is 19.1. The lowest BCUT2D eigenvalue weighted by molar-refractivity contribution is -0.134. The molecule has 0 saturated carbocycles. The topological polar surface area (TPSA) is 136 Å². The number of rotatable bonds is 12. The number of hydrogen-bond donors (Lipinski definition) is 1. The second-order valence-corrected chi connectivity index (χ2v) is 16.7. The zero-order valence-corrected chi connectivity index (χ0v) is 35.0. The first-order valence-electron chi connectivity index (χ1n) is 21.5. The molecule has 5 aromatic rings. The minimum Gasteiger partial charge on any atom is -0.493 e. The maximum absolute atomic E-state index is 13.9. The van der Waals surface area contributed by atoms with Crippen molar-refractivity contribution >= 4 is 40.2 Å². The van der Waals surface area contributed by atoms with Gasteiger partial charge in [-0.2, -0.15) is 5.10 Å². The number of piperidine rings is 3. The molecule has 3 fully saturated rings. The summed E-state index contributed by atoms with van der Waals surface area (Å²) in [6.45, 7) is 7.31. The number of ether oxygens (including phenoxy) is 3. The number of carbonyl (C=O) groups excluding carboxylic acids is 4. The number of aryl methyl sites for hydroxylation is 1. The fraction of sp³-hybridized carbons (Fsp3) is 0.396. The van der Waals surface area contributed by atoms with Crippen LogP contribution in [0.2, 0.25) is 0 Å². The van der Waals surface area contributed by atoms with Gasteiger partial charge < -0.3 is 19.1 Å². The number of nitrogens with one attached hydrogen (secondary N) is 1. The molecule has 0 radical (unpaired) electrons. The molecule has 316 valence electrons. The predicted octanol–water partition coefficient (Wildman–Crippen LogP) is 7.22. The number of nitrogens with zero attached hydrogens (tertiary/aromatic N) is 5. The van der Waals surface area contributed by atoms with Gasteiger partial charge in [0.25, 0.3) is 11.8 Å². The third kappa shape index (κ3) is 8.06. The molecule has 4 amide bonds. The summed E-state index contributed by atoms with van der Waals surface area (Å²) in [4.78, 5) is 57.8. The van der Waals surface area contributed by atoms with Gasteiger partial charge in [-0.1, -0.05) is 24.3 Å². The fourth-order valence-corrected chi connectivity index (χ4v) is 9.79. The number of aromatic nitrogens is 2. The summed E-state index contributed by atoms with van der Waals surface area (Å²) >= 11 is 0. The van der Waals surface area contributed by atoms with Crippen molar-refractivity contribution < 1.29 is 33.4 Å². The Labute approximate surface area is 355 Å². The van der Waals surface area contributed by atoms with Crippen molar-refractivity contribution in [1.29, 1.82) is 0 Å². The molecule has 9 rings (SSSR count). The number of methoxy groups -OCH3 is 1. The maximum Gasteiger partial charge on any atom is 0.263 e. The van der Waals surface area contributed by atoms with Crippen molar-refractivity contribution in [3.05, 3.63) is 107 Å². The Morgan fingerprint density at radius 3 is 2.20 bits per heavy atom. The van der Waals surface area contributed by atoms with Crippen LogP contribution in [-0.2, 0) is 29.7 Å². The number of imide groups is 2. The van der Waals surface area contributed by atoms with Crippen molar-refractivity contribution in [3.8, 4) is 23.0 Å². The molecule has 0 aliphatic carbocycles. The van der Waals surface area contributed by atoms with Gasteiger partial charge in [0, 0.05) is 44.6 Å². The Morgan fingerprint density at radius 2 is 1.48 bits per heavy atom. The molecule has 0 bridgehead atoms. The van der Waals surface area contributed by atoms with Crippen LogP contribution >= 0.6 is 0 Å². The SMILES string of the molecule is CCOc1cc(CN2C(=O)c3cccc(N4CCC(C5CCN(Cc6ccc(Oc7ccc8c(C9CCC(=O)NC9=O)nn(C)c8c7)cc6)CC5)CC4)c3C2=O)ccc1OC. The van der Waals surface area contributed by atoms with E-state index in [-0.39, 0.29) is 30.2 Å². The smallest absolute Gasteiger partial charge is 0.263 e. The summed E-state index contributed by atoms with van der Waals surface area (Å²) in [5.74, 6) is 2.48. The fourth-order valence-electron chi connectivity index (χ4n) is 9.79. The molecule has 0 spiro atoms. The van der Waals surface area contributed by atoms with E-state index in [0.717, 1.165) is 73.5 Å². The Balaban J connectivity index is 0.757. The quantitative estimate of drug-likeness (QED) is 0.129. The molecule has 13 nitrogen and oxygen atoms in total. The standard InChI is InChI=1S/C48H52N6O7/c1-4-60-42-26-31(10-16-41(42)59-3)29-54-47(57)37-6-5-7-39(44(37)48(54)58)53-24-20-33(21-25-53)32-18-22-52(23-19-32)28-30-8-11-34(12-9-30)61-35-13-14-36-40(27-35)51(2)50-45(36)38-15-17-43(55)49-46(38)56/h5-14,16,26-27,32-33,38H,4,15,17-25,28-29H2,1-3H3,(H,49,55,56). The van der Waals surface area contributed by atoms with Gasteiger partial charge >= 0.3 is 0 Å². The monoisotopic (exact) mass is 824 g/mol. The predicted molar refractivity (Wildman–Crippen MR) is 230 cm³/mol. The lowest BCUT2D eigenvalue weighted by Crippen LogP contribution is -2.41. The van der Waals surface area contributed by atoms with Crippen LogP contribution in [-0.4, -0.2) is 83.1 Å². The van der Waals surface area contributed by atoms with Gasteiger partial charge in [-0.3, -0.25) is 39.0 Å². The number of likely N-dealkylation sites (tertiary alicyclic amines) is 1. The van der Waals surface area contributed by atoms with Crippen LogP contribution in [0.3, 0.4) is 0 Å². The van der Waals surface area contributed by atoms with Crippen molar-refractivity contribution in [2.45, 2.75) is 64.5 Å². The Bertz CT molecular complexity index is 2480. The molecule has 4 aliphatic heterocycles. The first-order valence-corrected chi connectivity index (χ1v) is 21.5. The van der Waals surface area contributed by atoms with Crippen molar-refractivity contribution in [3.63, 3.8) is 0 Å². The Hall–Kier alpha value is -6.21. The van der Waals surface area contributed by atoms with E-state index in [9.17, 15) is 19.2 Å². The Morgan fingerprint density at radius 1 is 0.754 bits per heavy atom. The van der Waals surface area contributed by atoms with E-state index in [0.29, 0.717) is 65.4 Å². The molecule has 1 unspecified atom stereocenters. The molecule has 13 heteroatoms. The summed E-state index contributed by atoms with van der Waals surface area (Å²) in [6.07, 6.45) is 5.25. The minimum atomic E-state index is -0.448. The summed E-state index contributed by atoms with van der Waals surface area (Å²) in [6, 6.07) is 25.3. The molecule has 4 aliphatic rings. The summed E-state index contributed by atoms with van der Waals surface area (Å²) in [5, 5.41) is 7.96.